The van der Waals surface area contributed by atoms with Crippen molar-refractivity contribution in [2.45, 2.75) is 39.9 Å². The third-order valence-corrected chi connectivity index (χ3v) is 6.44. The van der Waals surface area contributed by atoms with Crippen LogP contribution in [0.15, 0.2) is 45.8 Å². The van der Waals surface area contributed by atoms with Crippen molar-refractivity contribution in [3.05, 3.63) is 46.9 Å². The largest absolute Gasteiger partial charge is 0.416 e. The summed E-state index contributed by atoms with van der Waals surface area (Å²) in [6, 6.07) is 5.71. The van der Waals surface area contributed by atoms with Crippen LogP contribution in [0.3, 0.4) is 0 Å². The molecule has 1 aromatic rings. The van der Waals surface area contributed by atoms with E-state index in [9.17, 15) is 13.2 Å². The van der Waals surface area contributed by atoms with Crippen LogP contribution in [0.1, 0.15) is 38.3 Å². The fourth-order valence-corrected chi connectivity index (χ4v) is 4.59. The lowest BCUT2D eigenvalue weighted by Crippen LogP contribution is -2.46. The topological polar surface area (TPSA) is 52.5 Å². The Morgan fingerprint density at radius 1 is 1.21 bits per heavy atom. The predicted molar refractivity (Wildman–Crippen MR) is 123 cm³/mol. The number of likely N-dealkylation sites (tertiary alicyclic amines) is 1. The Labute approximate surface area is 193 Å². The summed E-state index contributed by atoms with van der Waals surface area (Å²) in [4.78, 5) is 13.2. The van der Waals surface area contributed by atoms with Gasteiger partial charge in [0, 0.05) is 37.5 Å². The normalized spacial score (nSPS) is 22.2. The van der Waals surface area contributed by atoms with Crippen molar-refractivity contribution < 1.29 is 17.9 Å². The molecule has 3 aliphatic heterocycles. The number of hydrogen-bond acceptors (Lipinski definition) is 5. The molecule has 0 aromatic heterocycles. The Morgan fingerprint density at radius 2 is 1.94 bits per heavy atom. The zero-order chi connectivity index (χ0) is 23.9. The Kier molecular flexibility index (Phi) is 6.20. The maximum atomic E-state index is 13.4. The number of halogens is 3. The number of alkyl halides is 3. The Bertz CT molecular complexity index is 973. The molecule has 3 aliphatic rings. The predicted octanol–water partition coefficient (Wildman–Crippen LogP) is 4.10. The van der Waals surface area contributed by atoms with E-state index >= 15 is 0 Å². The summed E-state index contributed by atoms with van der Waals surface area (Å²) < 4.78 is 45.8. The van der Waals surface area contributed by atoms with Gasteiger partial charge in [-0.15, -0.1) is 0 Å². The summed E-state index contributed by atoms with van der Waals surface area (Å²) in [5.74, 6) is 1.73. The standard InChI is InChI=1S/C24H32F3N5O/c1-22(2,3)21(28-4)30-20(32-10-9-23(13-32)14-33-15-23)19-12-31(16-29-19)11-17-7-5-6-8-18(17)24(25,26)27/h5-8,16H,9-15H2,1-4H3,(H,28,30)/b20-19-. The van der Waals surface area contributed by atoms with E-state index in [1.165, 1.54) is 12.1 Å². The van der Waals surface area contributed by atoms with Gasteiger partial charge in [-0.1, -0.05) is 39.0 Å². The molecule has 2 saturated heterocycles. The molecule has 0 unspecified atom stereocenters. The maximum Gasteiger partial charge on any atom is 0.416 e. The average Bonchev–Trinajstić information content (AvgIpc) is 3.35. The van der Waals surface area contributed by atoms with Gasteiger partial charge >= 0.3 is 6.18 Å². The van der Waals surface area contributed by atoms with Crippen LogP contribution in [0.5, 0.6) is 0 Å². The van der Waals surface area contributed by atoms with Crippen molar-refractivity contribution in [2.75, 3.05) is 39.9 Å². The van der Waals surface area contributed by atoms with Crippen LogP contribution < -0.4 is 5.32 Å². The van der Waals surface area contributed by atoms with Gasteiger partial charge in [0.25, 0.3) is 0 Å². The SMILES string of the molecule is CN=C(N/C(=C1\CN(Cc2ccccc2C(F)(F)F)C=N1)N1CCC2(COC2)C1)C(C)(C)C. The number of ether oxygens (including phenoxy) is 1. The summed E-state index contributed by atoms with van der Waals surface area (Å²) in [7, 11) is 1.76. The van der Waals surface area contributed by atoms with Gasteiger partial charge in [-0.25, -0.2) is 4.99 Å². The zero-order valence-corrected chi connectivity index (χ0v) is 19.7. The number of benzene rings is 1. The van der Waals surface area contributed by atoms with E-state index in [4.69, 9.17) is 4.74 Å². The van der Waals surface area contributed by atoms with Crippen molar-refractivity contribution in [2.24, 2.45) is 20.8 Å². The first-order chi connectivity index (χ1) is 15.5. The number of nitrogens with zero attached hydrogens (tertiary/aromatic N) is 4. The second-order valence-electron chi connectivity index (χ2n) is 10.2. The van der Waals surface area contributed by atoms with Crippen LogP contribution >= 0.6 is 0 Å². The number of amidine groups is 1. The molecule has 0 aliphatic carbocycles. The molecule has 180 valence electrons. The molecule has 1 N–H and O–H groups in total. The molecule has 33 heavy (non-hydrogen) atoms. The number of nitrogens with one attached hydrogen (secondary N) is 1. The molecule has 0 atom stereocenters. The zero-order valence-electron chi connectivity index (χ0n) is 19.7. The molecular formula is C24H32F3N5O. The third-order valence-electron chi connectivity index (χ3n) is 6.44. The summed E-state index contributed by atoms with van der Waals surface area (Å²) in [5, 5.41) is 3.53. The van der Waals surface area contributed by atoms with Gasteiger partial charge in [-0.05, 0) is 18.1 Å². The Morgan fingerprint density at radius 3 is 2.52 bits per heavy atom. The minimum absolute atomic E-state index is 0.141. The molecular weight excluding hydrogens is 431 g/mol. The number of aliphatic imine (C=N–C) groups is 2. The molecule has 6 nitrogen and oxygen atoms in total. The van der Waals surface area contributed by atoms with Crippen LogP contribution in [0.4, 0.5) is 13.2 Å². The lowest BCUT2D eigenvalue weighted by atomic mass is 9.85. The molecule has 0 radical (unpaired) electrons. The third kappa shape index (κ3) is 5.03. The lowest BCUT2D eigenvalue weighted by Gasteiger charge is -2.38. The van der Waals surface area contributed by atoms with E-state index in [0.717, 1.165) is 56.1 Å². The maximum absolute atomic E-state index is 13.4. The van der Waals surface area contributed by atoms with Gasteiger partial charge in [0.2, 0.25) is 0 Å². The van der Waals surface area contributed by atoms with E-state index < -0.39 is 11.7 Å². The van der Waals surface area contributed by atoms with Gasteiger partial charge < -0.3 is 19.9 Å². The van der Waals surface area contributed by atoms with Crippen LogP contribution in [-0.2, 0) is 17.5 Å². The lowest BCUT2D eigenvalue weighted by molar-refractivity contribution is -0.138. The van der Waals surface area contributed by atoms with Crippen molar-refractivity contribution in [3.63, 3.8) is 0 Å². The van der Waals surface area contributed by atoms with Gasteiger partial charge in [-0.2, -0.15) is 13.2 Å². The molecule has 0 saturated carbocycles. The van der Waals surface area contributed by atoms with Crippen LogP contribution in [0, 0.1) is 10.8 Å². The van der Waals surface area contributed by atoms with Crippen LogP contribution in [-0.4, -0.2) is 61.9 Å². The highest BCUT2D eigenvalue weighted by atomic mass is 19.4. The van der Waals surface area contributed by atoms with E-state index in [0.29, 0.717) is 6.54 Å². The smallest absolute Gasteiger partial charge is 0.380 e. The Balaban J connectivity index is 1.58. The molecule has 0 amide bonds. The highest BCUT2D eigenvalue weighted by Crippen LogP contribution is 2.39. The fraction of sp³-hybridized carbons (Fsp3) is 0.583. The van der Waals surface area contributed by atoms with E-state index in [1.807, 2.05) is 4.90 Å². The van der Waals surface area contributed by atoms with Crippen molar-refractivity contribution in [3.8, 4) is 0 Å². The first kappa shape index (κ1) is 23.6. The van der Waals surface area contributed by atoms with Crippen LogP contribution in [0.25, 0.3) is 0 Å². The second kappa shape index (κ2) is 8.66. The number of rotatable bonds is 4. The molecule has 9 heteroatoms. The molecule has 3 heterocycles. The van der Waals surface area contributed by atoms with Gasteiger partial charge in [0.05, 0.1) is 31.7 Å². The van der Waals surface area contributed by atoms with Crippen LogP contribution in [0.2, 0.25) is 0 Å². The summed E-state index contributed by atoms with van der Waals surface area (Å²) in [6.07, 6.45) is -1.69. The highest BCUT2D eigenvalue weighted by Gasteiger charge is 2.45. The van der Waals surface area contributed by atoms with E-state index in [1.54, 1.807) is 19.5 Å². The number of hydrogen-bond donors (Lipinski definition) is 1. The first-order valence-corrected chi connectivity index (χ1v) is 11.2. The molecule has 4 rings (SSSR count). The van der Waals surface area contributed by atoms with Gasteiger partial charge in [0.15, 0.2) is 0 Å². The van der Waals surface area contributed by atoms with Crippen molar-refractivity contribution in [1.82, 2.24) is 15.1 Å². The summed E-state index contributed by atoms with van der Waals surface area (Å²) in [6.45, 7) is 10.1. The van der Waals surface area contributed by atoms with E-state index in [-0.39, 0.29) is 22.9 Å². The summed E-state index contributed by atoms with van der Waals surface area (Å²) in [5.41, 5.74) is 0.442. The minimum Gasteiger partial charge on any atom is -0.380 e. The molecule has 0 bridgehead atoms. The highest BCUT2D eigenvalue weighted by molar-refractivity contribution is 5.88. The molecule has 1 spiro atoms. The monoisotopic (exact) mass is 463 g/mol. The Hall–Kier alpha value is -2.55. The molecule has 2 fully saturated rings. The molecule has 1 aromatic carbocycles. The first-order valence-electron chi connectivity index (χ1n) is 11.2. The quantitative estimate of drug-likeness (QED) is 0.540. The minimum atomic E-state index is -4.38. The fourth-order valence-electron chi connectivity index (χ4n) is 4.59. The summed E-state index contributed by atoms with van der Waals surface area (Å²) >= 11 is 0. The van der Waals surface area contributed by atoms with E-state index in [2.05, 4.69) is 41.0 Å². The van der Waals surface area contributed by atoms with Gasteiger partial charge in [-0.3, -0.25) is 4.99 Å². The average molecular weight is 464 g/mol. The van der Waals surface area contributed by atoms with Crippen molar-refractivity contribution in [1.29, 1.82) is 0 Å². The van der Waals surface area contributed by atoms with Gasteiger partial charge in [0.1, 0.15) is 17.4 Å². The second-order valence-corrected chi connectivity index (χ2v) is 10.2. The van der Waals surface area contributed by atoms with Crippen molar-refractivity contribution >= 4 is 12.2 Å².